The first-order valence-electron chi connectivity index (χ1n) is 20.7. The van der Waals surface area contributed by atoms with E-state index in [1.165, 1.54) is 11.3 Å². The molecule has 0 aromatic carbocycles. The first kappa shape index (κ1) is 46.3. The molecule has 322 valence electrons. The van der Waals surface area contributed by atoms with Gasteiger partial charge in [-0.2, -0.15) is 5.10 Å². The number of aromatic nitrogens is 8. The molecule has 0 saturated carbocycles. The highest BCUT2D eigenvalue weighted by Crippen LogP contribution is 2.38. The zero-order valence-corrected chi connectivity index (χ0v) is 41.0. The van der Waals surface area contributed by atoms with Crippen molar-refractivity contribution >= 4 is 66.2 Å². The van der Waals surface area contributed by atoms with E-state index >= 15 is 0 Å². The molecule has 5 heterocycles. The van der Waals surface area contributed by atoms with E-state index in [0.29, 0.717) is 70.4 Å². The Morgan fingerprint density at radius 3 is 1.80 bits per heavy atom. The number of carbonyl (C=O) groups is 2. The number of halogens is 1. The van der Waals surface area contributed by atoms with Gasteiger partial charge in [0.2, 0.25) is 0 Å². The molecule has 0 radical (unpaired) electrons. The molecule has 5 aromatic rings. The van der Waals surface area contributed by atoms with Gasteiger partial charge in [-0.3, -0.25) is 14.3 Å². The van der Waals surface area contributed by atoms with Gasteiger partial charge in [0.1, 0.15) is 40.5 Å². The lowest BCUT2D eigenvalue weighted by Crippen LogP contribution is -2.30. The summed E-state index contributed by atoms with van der Waals surface area (Å²) in [7, 11) is -0.295. The molecule has 1 aliphatic carbocycles. The van der Waals surface area contributed by atoms with Crippen molar-refractivity contribution in [2.75, 3.05) is 13.2 Å². The molecule has 14 nitrogen and oxygen atoms in total. The number of nitrogens with one attached hydrogen (secondary N) is 2. The highest BCUT2D eigenvalue weighted by Gasteiger charge is 2.31. The third kappa shape index (κ3) is 12.4. The van der Waals surface area contributed by atoms with Crippen LogP contribution in [0, 0.1) is 5.41 Å². The lowest BCUT2D eigenvalue weighted by atomic mass is 9.76. The summed E-state index contributed by atoms with van der Waals surface area (Å²) in [6.45, 7) is 28.5. The molecule has 59 heavy (non-hydrogen) atoms. The Morgan fingerprint density at radius 1 is 0.814 bits per heavy atom. The summed E-state index contributed by atoms with van der Waals surface area (Å²) in [5.74, 6) is -0.301. The summed E-state index contributed by atoms with van der Waals surface area (Å²) in [5.41, 5.74) is 7.88. The van der Waals surface area contributed by atoms with E-state index < -0.39 is 16.1 Å². The third-order valence-corrected chi connectivity index (χ3v) is 13.9. The van der Waals surface area contributed by atoms with Crippen LogP contribution in [0.2, 0.25) is 51.4 Å². The first-order valence-corrected chi connectivity index (χ1v) is 28.9. The van der Waals surface area contributed by atoms with Gasteiger partial charge in [-0.05, 0) is 80.4 Å². The van der Waals surface area contributed by atoms with E-state index in [2.05, 4.69) is 89.7 Å². The van der Waals surface area contributed by atoms with Gasteiger partial charge in [0.25, 0.3) is 11.8 Å². The molecule has 6 rings (SSSR count). The Balaban J connectivity index is 0.000000241. The fourth-order valence-electron chi connectivity index (χ4n) is 6.78. The second kappa shape index (κ2) is 18.9. The minimum Gasteiger partial charge on any atom is -0.361 e. The standard InChI is InChI=1S/C26H40N6O2Si.C16H25BrN4O2Si/c1-17(2)28-25(33)19-15-32(16-34-11-12-35(6,7)8)24-23(19)29-20(14-27-24)22-18-9-10-26(3,4)13-21(18)31(5)30-22;1-11(2)19-16(22)12-9-21(10-23-6-7-24(3,4)5)15-14(12)20-13(17)8-18-15/h14-15,17H,9-13,16H2,1-8H3,(H,28,33);8-9,11H,6-7,10H2,1-5H3,(H,19,22). The van der Waals surface area contributed by atoms with Crippen LogP contribution in [0.3, 0.4) is 0 Å². The maximum atomic E-state index is 13.1. The van der Waals surface area contributed by atoms with Gasteiger partial charge in [0.15, 0.2) is 11.3 Å². The predicted octanol–water partition coefficient (Wildman–Crippen LogP) is 8.44. The number of rotatable bonds is 15. The van der Waals surface area contributed by atoms with E-state index in [1.54, 1.807) is 18.6 Å². The number of aryl methyl sites for hydroxylation is 1. The molecule has 0 fully saturated rings. The van der Waals surface area contributed by atoms with Gasteiger partial charge in [0.05, 0.1) is 23.5 Å². The van der Waals surface area contributed by atoms with Gasteiger partial charge in [-0.25, -0.2) is 19.9 Å². The van der Waals surface area contributed by atoms with E-state index in [1.807, 2.05) is 54.8 Å². The number of ether oxygens (including phenoxy) is 2. The average molecular weight is 910 g/mol. The quantitative estimate of drug-likeness (QED) is 0.0778. The van der Waals surface area contributed by atoms with Crippen LogP contribution in [-0.4, -0.2) is 92.1 Å². The molecule has 17 heteroatoms. The lowest BCUT2D eigenvalue weighted by Gasteiger charge is -2.29. The highest BCUT2D eigenvalue weighted by atomic mass is 79.9. The minimum absolute atomic E-state index is 0.0243. The number of hydrogen-bond donors (Lipinski definition) is 2. The minimum atomic E-state index is -1.18. The largest absolute Gasteiger partial charge is 0.361 e. The second-order valence-corrected chi connectivity index (χ2v) is 31.6. The molecule has 0 spiro atoms. The van der Waals surface area contributed by atoms with Gasteiger partial charge in [0, 0.05) is 72.1 Å². The van der Waals surface area contributed by atoms with Gasteiger partial charge < -0.3 is 29.2 Å². The molecular weight excluding hydrogens is 845 g/mol. The molecule has 0 aliphatic heterocycles. The fraction of sp³-hybridized carbons (Fsp3) is 0.595. The summed E-state index contributed by atoms with van der Waals surface area (Å²) in [5, 5.41) is 10.7. The molecule has 0 unspecified atom stereocenters. The van der Waals surface area contributed by atoms with Crippen molar-refractivity contribution in [3.8, 4) is 11.4 Å². The van der Waals surface area contributed by atoms with Crippen molar-refractivity contribution in [2.45, 2.75) is 138 Å². The van der Waals surface area contributed by atoms with E-state index in [4.69, 9.17) is 24.5 Å². The van der Waals surface area contributed by atoms with Gasteiger partial charge in [-0.1, -0.05) is 53.1 Å². The maximum Gasteiger partial charge on any atom is 0.255 e. The summed E-state index contributed by atoms with van der Waals surface area (Å²) < 4.78 is 18.1. The van der Waals surface area contributed by atoms with Crippen molar-refractivity contribution in [1.29, 1.82) is 0 Å². The van der Waals surface area contributed by atoms with Crippen LogP contribution in [0.4, 0.5) is 0 Å². The first-order chi connectivity index (χ1) is 27.5. The average Bonchev–Trinajstić information content (AvgIpc) is 3.77. The maximum absolute atomic E-state index is 13.1. The Morgan fingerprint density at radius 2 is 1.31 bits per heavy atom. The van der Waals surface area contributed by atoms with Crippen molar-refractivity contribution in [1.82, 2.24) is 49.5 Å². The van der Waals surface area contributed by atoms with Crippen molar-refractivity contribution < 1.29 is 19.1 Å². The Labute approximate surface area is 359 Å². The van der Waals surface area contributed by atoms with E-state index in [9.17, 15) is 9.59 Å². The summed E-state index contributed by atoms with van der Waals surface area (Å²) in [6, 6.07) is 2.27. The summed E-state index contributed by atoms with van der Waals surface area (Å²) in [6.07, 6.45) is 10.1. The Hall–Kier alpha value is -3.78. The second-order valence-electron chi connectivity index (χ2n) is 19.5. The molecular formula is C42H65BrN10O4Si2. The third-order valence-electron chi connectivity index (χ3n) is 10.1. The zero-order valence-electron chi connectivity index (χ0n) is 37.4. The van der Waals surface area contributed by atoms with Crippen LogP contribution >= 0.6 is 15.9 Å². The Bertz CT molecular complexity index is 2270. The monoisotopic (exact) mass is 908 g/mol. The highest BCUT2D eigenvalue weighted by molar-refractivity contribution is 9.10. The van der Waals surface area contributed by atoms with Crippen LogP contribution in [0.5, 0.6) is 0 Å². The smallest absolute Gasteiger partial charge is 0.255 e. The summed E-state index contributed by atoms with van der Waals surface area (Å²) >= 11 is 3.32. The molecule has 2 amide bonds. The molecule has 1 aliphatic rings. The van der Waals surface area contributed by atoms with Crippen LogP contribution in [-0.2, 0) is 42.8 Å². The molecule has 0 saturated heterocycles. The van der Waals surface area contributed by atoms with Gasteiger partial charge >= 0.3 is 0 Å². The SMILES string of the molecule is CC(C)NC(=O)c1cn(COCC[Si](C)(C)C)c2ncc(-c3nn(C)c4c3CCC(C)(C)C4)nc12.CC(C)NC(=O)c1cn(COCC[Si](C)(C)C)c2ncc(Br)nc12. The van der Waals surface area contributed by atoms with Gasteiger partial charge in [-0.15, -0.1) is 0 Å². The number of carbonyl (C=O) groups excluding carboxylic acids is 2. The van der Waals surface area contributed by atoms with Crippen molar-refractivity contribution in [2.24, 2.45) is 12.5 Å². The predicted molar refractivity (Wildman–Crippen MR) is 244 cm³/mol. The zero-order chi connectivity index (χ0) is 43.4. The van der Waals surface area contributed by atoms with E-state index in [-0.39, 0.29) is 29.3 Å². The summed E-state index contributed by atoms with van der Waals surface area (Å²) in [4.78, 5) is 44.0. The number of fused-ring (bicyclic) bond motifs is 3. The van der Waals surface area contributed by atoms with Crippen LogP contribution in [0.1, 0.15) is 79.9 Å². The van der Waals surface area contributed by atoms with Crippen LogP contribution < -0.4 is 10.6 Å². The molecule has 0 bridgehead atoms. The molecule has 0 atom stereocenters. The number of nitrogens with zero attached hydrogens (tertiary/aromatic N) is 8. The van der Waals surface area contributed by atoms with E-state index in [0.717, 1.165) is 37.0 Å². The Kier molecular flexibility index (Phi) is 14.8. The topological polar surface area (TPSA) is 156 Å². The number of hydrogen-bond acceptors (Lipinski definition) is 9. The number of amides is 2. The van der Waals surface area contributed by atoms with Crippen LogP contribution in [0.25, 0.3) is 33.7 Å². The molecule has 2 N–H and O–H groups in total. The fourth-order valence-corrected chi connectivity index (χ4v) is 8.58. The van der Waals surface area contributed by atoms with Crippen LogP contribution in [0.15, 0.2) is 29.4 Å². The van der Waals surface area contributed by atoms with Crippen molar-refractivity contribution in [3.63, 3.8) is 0 Å². The van der Waals surface area contributed by atoms with Crippen molar-refractivity contribution in [3.05, 3.63) is 51.8 Å². The lowest BCUT2D eigenvalue weighted by molar-refractivity contribution is 0.0886. The normalized spacial score (nSPS) is 14.2. The molecule has 5 aromatic heterocycles.